The van der Waals surface area contributed by atoms with E-state index in [4.69, 9.17) is 12.2 Å². The first-order valence-electron chi connectivity index (χ1n) is 5.38. The highest BCUT2D eigenvalue weighted by molar-refractivity contribution is 7.97. The Morgan fingerprint density at radius 1 is 1.19 bits per heavy atom. The van der Waals surface area contributed by atoms with Crippen molar-refractivity contribution in [3.63, 3.8) is 0 Å². The second-order valence-electron chi connectivity index (χ2n) is 3.49. The molecule has 16 heavy (non-hydrogen) atoms. The monoisotopic (exact) mass is 253 g/mol. The lowest BCUT2D eigenvalue weighted by molar-refractivity contribution is 0.525. The molecule has 0 saturated carbocycles. The fourth-order valence-corrected chi connectivity index (χ4v) is 2.65. The Bertz CT molecular complexity index is 525. The number of benzene rings is 1. The van der Waals surface area contributed by atoms with E-state index in [1.54, 1.807) is 11.9 Å². The van der Waals surface area contributed by atoms with Gasteiger partial charge in [-0.05, 0) is 42.4 Å². The molecule has 1 heterocycles. The molecule has 0 radical (unpaired) electrons. The SMILES string of the molecule is CCN(CC)Sc1ccc2[nH]c(=S)[nH]c2c1. The third kappa shape index (κ3) is 2.48. The number of hydrogen-bond acceptors (Lipinski definition) is 3. The van der Waals surface area contributed by atoms with E-state index in [2.05, 4.69) is 46.3 Å². The molecule has 0 fully saturated rings. The average Bonchev–Trinajstić information content (AvgIpc) is 2.65. The zero-order chi connectivity index (χ0) is 11.5. The predicted molar refractivity (Wildman–Crippen MR) is 72.3 cm³/mol. The Hall–Kier alpha value is -0.780. The Balaban J connectivity index is 2.28. The molecule has 3 nitrogen and oxygen atoms in total. The molecule has 0 unspecified atom stereocenters. The molecule has 0 amide bonds. The third-order valence-corrected chi connectivity index (χ3v) is 3.87. The fraction of sp³-hybridized carbons (Fsp3) is 0.364. The van der Waals surface area contributed by atoms with Crippen LogP contribution in [-0.2, 0) is 0 Å². The second-order valence-corrected chi connectivity index (χ2v) is 5.07. The van der Waals surface area contributed by atoms with Crippen LogP contribution >= 0.6 is 24.2 Å². The van der Waals surface area contributed by atoms with Crippen molar-refractivity contribution >= 4 is 35.2 Å². The van der Waals surface area contributed by atoms with Gasteiger partial charge < -0.3 is 9.97 Å². The summed E-state index contributed by atoms with van der Waals surface area (Å²) < 4.78 is 2.99. The van der Waals surface area contributed by atoms with E-state index >= 15 is 0 Å². The number of nitrogens with one attached hydrogen (secondary N) is 2. The second kappa shape index (κ2) is 5.03. The van der Waals surface area contributed by atoms with Gasteiger partial charge >= 0.3 is 0 Å². The van der Waals surface area contributed by atoms with Crippen molar-refractivity contribution < 1.29 is 0 Å². The lowest BCUT2D eigenvalue weighted by atomic mass is 10.3. The topological polar surface area (TPSA) is 34.8 Å². The van der Waals surface area contributed by atoms with E-state index in [0.29, 0.717) is 4.77 Å². The molecule has 0 aliphatic rings. The van der Waals surface area contributed by atoms with E-state index in [1.165, 1.54) is 4.90 Å². The molecule has 86 valence electrons. The largest absolute Gasteiger partial charge is 0.331 e. The molecule has 0 bridgehead atoms. The van der Waals surface area contributed by atoms with Gasteiger partial charge in [0.15, 0.2) is 4.77 Å². The number of aromatic nitrogens is 2. The predicted octanol–water partition coefficient (Wildman–Crippen LogP) is 3.57. The Morgan fingerprint density at radius 3 is 2.56 bits per heavy atom. The standard InChI is InChI=1S/C11H15N3S2/c1-3-14(4-2)16-8-5-6-9-10(7-8)13-11(15)12-9/h5-7H,3-4H2,1-2H3,(H2,12,13,15). The van der Waals surface area contributed by atoms with E-state index < -0.39 is 0 Å². The fourth-order valence-electron chi connectivity index (χ4n) is 1.57. The zero-order valence-electron chi connectivity index (χ0n) is 9.41. The highest BCUT2D eigenvalue weighted by Crippen LogP contribution is 2.24. The first-order valence-corrected chi connectivity index (χ1v) is 6.56. The molecule has 0 spiro atoms. The number of aromatic amines is 2. The van der Waals surface area contributed by atoms with Crippen LogP contribution in [0.2, 0.25) is 0 Å². The van der Waals surface area contributed by atoms with Crippen LogP contribution in [0, 0.1) is 4.77 Å². The third-order valence-electron chi connectivity index (χ3n) is 2.43. The molecule has 0 aliphatic carbocycles. The van der Waals surface area contributed by atoms with Crippen LogP contribution in [0.15, 0.2) is 23.1 Å². The van der Waals surface area contributed by atoms with Crippen molar-refractivity contribution in [3.8, 4) is 0 Å². The molecule has 1 aromatic heterocycles. The summed E-state index contributed by atoms with van der Waals surface area (Å²) in [7, 11) is 0. The summed E-state index contributed by atoms with van der Waals surface area (Å²) in [5, 5.41) is 0. The Morgan fingerprint density at radius 2 is 1.88 bits per heavy atom. The van der Waals surface area contributed by atoms with Crippen molar-refractivity contribution in [2.45, 2.75) is 18.7 Å². The van der Waals surface area contributed by atoms with Gasteiger partial charge in [-0.2, -0.15) is 0 Å². The molecular formula is C11H15N3S2. The molecule has 2 aromatic rings. The highest BCUT2D eigenvalue weighted by atomic mass is 32.2. The van der Waals surface area contributed by atoms with Gasteiger partial charge in [0.2, 0.25) is 0 Å². The summed E-state index contributed by atoms with van der Waals surface area (Å²) in [6.07, 6.45) is 0. The van der Waals surface area contributed by atoms with Crippen LogP contribution in [0.25, 0.3) is 11.0 Å². The normalized spacial score (nSPS) is 11.4. The summed E-state index contributed by atoms with van der Waals surface area (Å²) in [5.74, 6) is 0. The molecule has 0 atom stereocenters. The Labute approximate surface area is 104 Å². The number of rotatable bonds is 4. The smallest absolute Gasteiger partial charge is 0.175 e. The quantitative estimate of drug-likeness (QED) is 0.646. The maximum Gasteiger partial charge on any atom is 0.175 e. The van der Waals surface area contributed by atoms with Crippen LogP contribution in [0.3, 0.4) is 0 Å². The molecule has 5 heteroatoms. The minimum absolute atomic E-state index is 0.681. The van der Waals surface area contributed by atoms with Gasteiger partial charge in [0, 0.05) is 18.0 Å². The van der Waals surface area contributed by atoms with Crippen molar-refractivity contribution in [1.82, 2.24) is 14.3 Å². The molecule has 0 saturated heterocycles. The van der Waals surface area contributed by atoms with Crippen molar-refractivity contribution in [1.29, 1.82) is 0 Å². The van der Waals surface area contributed by atoms with Gasteiger partial charge in [0.1, 0.15) is 0 Å². The summed E-state index contributed by atoms with van der Waals surface area (Å²) >= 11 is 6.84. The lowest BCUT2D eigenvalue weighted by Gasteiger charge is -2.16. The first kappa shape index (κ1) is 11.7. The van der Waals surface area contributed by atoms with Crippen LogP contribution in [0.5, 0.6) is 0 Å². The van der Waals surface area contributed by atoms with E-state index in [9.17, 15) is 0 Å². The van der Waals surface area contributed by atoms with Gasteiger partial charge in [-0.25, -0.2) is 4.31 Å². The van der Waals surface area contributed by atoms with Crippen molar-refractivity contribution in [3.05, 3.63) is 23.0 Å². The molecular weight excluding hydrogens is 238 g/mol. The maximum atomic E-state index is 5.06. The zero-order valence-corrected chi connectivity index (χ0v) is 11.0. The van der Waals surface area contributed by atoms with Crippen LogP contribution < -0.4 is 0 Å². The number of imidazole rings is 1. The number of nitrogens with zero attached hydrogens (tertiary/aromatic N) is 1. The van der Waals surface area contributed by atoms with Gasteiger partial charge in [0.25, 0.3) is 0 Å². The summed E-state index contributed by atoms with van der Waals surface area (Å²) in [6.45, 7) is 6.42. The van der Waals surface area contributed by atoms with Crippen LogP contribution in [0.1, 0.15) is 13.8 Å². The van der Waals surface area contributed by atoms with Crippen molar-refractivity contribution in [2.75, 3.05) is 13.1 Å². The van der Waals surface area contributed by atoms with Crippen molar-refractivity contribution in [2.24, 2.45) is 0 Å². The summed E-state index contributed by atoms with van der Waals surface area (Å²) in [5.41, 5.74) is 2.14. The summed E-state index contributed by atoms with van der Waals surface area (Å²) in [4.78, 5) is 7.48. The molecule has 2 rings (SSSR count). The molecule has 0 aliphatic heterocycles. The average molecular weight is 253 g/mol. The van der Waals surface area contributed by atoms with E-state index in [1.807, 2.05) is 0 Å². The van der Waals surface area contributed by atoms with Gasteiger partial charge in [-0.1, -0.05) is 13.8 Å². The van der Waals surface area contributed by atoms with Gasteiger partial charge in [0.05, 0.1) is 11.0 Å². The van der Waals surface area contributed by atoms with E-state index in [-0.39, 0.29) is 0 Å². The Kier molecular flexibility index (Phi) is 3.68. The van der Waals surface area contributed by atoms with E-state index in [0.717, 1.165) is 24.1 Å². The molecule has 1 aromatic carbocycles. The first-order chi connectivity index (χ1) is 7.72. The van der Waals surface area contributed by atoms with Gasteiger partial charge in [-0.15, -0.1) is 0 Å². The number of H-pyrrole nitrogens is 2. The van der Waals surface area contributed by atoms with Gasteiger partial charge in [-0.3, -0.25) is 0 Å². The highest BCUT2D eigenvalue weighted by Gasteiger charge is 2.04. The summed E-state index contributed by atoms with van der Waals surface area (Å²) in [6, 6.07) is 6.31. The molecule has 2 N–H and O–H groups in total. The lowest BCUT2D eigenvalue weighted by Crippen LogP contribution is -2.13. The minimum atomic E-state index is 0.681. The van der Waals surface area contributed by atoms with Crippen LogP contribution in [-0.4, -0.2) is 27.4 Å². The maximum absolute atomic E-state index is 5.06. The number of fused-ring (bicyclic) bond motifs is 1. The minimum Gasteiger partial charge on any atom is -0.331 e. The van der Waals surface area contributed by atoms with Crippen LogP contribution in [0.4, 0.5) is 0 Å². The number of hydrogen-bond donors (Lipinski definition) is 2.